The Kier molecular flexibility index (Phi) is 9.37. The maximum atomic E-state index is 13.2. The van der Waals surface area contributed by atoms with Crippen LogP contribution in [0.1, 0.15) is 39.0 Å². The van der Waals surface area contributed by atoms with Gasteiger partial charge < -0.3 is 10.6 Å². The van der Waals surface area contributed by atoms with Crippen molar-refractivity contribution in [3.8, 4) is 0 Å². The van der Waals surface area contributed by atoms with Gasteiger partial charge in [0.1, 0.15) is 0 Å². The van der Waals surface area contributed by atoms with Crippen LogP contribution in [-0.4, -0.2) is 48.8 Å². The second-order valence-corrected chi connectivity index (χ2v) is 7.30. The van der Waals surface area contributed by atoms with E-state index < -0.39 is 0 Å². The Bertz CT molecular complexity index is 491. The van der Waals surface area contributed by atoms with Gasteiger partial charge in [-0.3, -0.25) is 9.69 Å². The van der Waals surface area contributed by atoms with Gasteiger partial charge in [-0.1, -0.05) is 44.4 Å². The molecular formula is C20H33N3OS. The number of hydrogen-bond acceptors (Lipinski definition) is 4. The lowest BCUT2D eigenvalue weighted by Gasteiger charge is -2.38. The molecule has 0 aliphatic carbocycles. The first-order valence-electron chi connectivity index (χ1n) is 9.67. The number of rotatable bonds is 10. The lowest BCUT2D eigenvalue weighted by atomic mass is 9.88. The SMILES string of the molecule is CCCCCC(CCS)C(C(=O)Nc1ccccc1)N1CCNCC1. The molecule has 1 aliphatic heterocycles. The summed E-state index contributed by atoms with van der Waals surface area (Å²) in [5.74, 6) is 1.33. The van der Waals surface area contributed by atoms with E-state index in [-0.39, 0.29) is 11.9 Å². The van der Waals surface area contributed by atoms with Gasteiger partial charge in [0.25, 0.3) is 0 Å². The lowest BCUT2D eigenvalue weighted by Crippen LogP contribution is -2.55. The number of carbonyl (C=O) groups excluding carboxylic acids is 1. The molecule has 0 bridgehead atoms. The largest absolute Gasteiger partial charge is 0.325 e. The predicted octanol–water partition coefficient (Wildman–Crippen LogP) is 3.42. The topological polar surface area (TPSA) is 44.4 Å². The highest BCUT2D eigenvalue weighted by molar-refractivity contribution is 7.80. The molecule has 25 heavy (non-hydrogen) atoms. The molecule has 1 saturated heterocycles. The molecule has 1 aliphatic rings. The van der Waals surface area contributed by atoms with Gasteiger partial charge in [0.2, 0.25) is 5.91 Å². The fourth-order valence-electron chi connectivity index (χ4n) is 3.66. The van der Waals surface area contributed by atoms with Gasteiger partial charge in [-0.05, 0) is 36.6 Å². The lowest BCUT2D eigenvalue weighted by molar-refractivity contribution is -0.123. The minimum atomic E-state index is -0.0636. The van der Waals surface area contributed by atoms with Crippen LogP contribution in [0.25, 0.3) is 0 Å². The van der Waals surface area contributed by atoms with E-state index in [9.17, 15) is 4.79 Å². The standard InChI is InChI=1S/C20H33N3OS/c1-2-3-5-8-17(11-16-25)19(23-14-12-21-13-15-23)20(24)22-18-9-6-4-7-10-18/h4,6-7,9-10,17,19,21,25H,2-3,5,8,11-16H2,1H3,(H,22,24). The van der Waals surface area contributed by atoms with Gasteiger partial charge in [0.15, 0.2) is 0 Å². The Morgan fingerprint density at radius 1 is 1.20 bits per heavy atom. The van der Waals surface area contributed by atoms with Crippen molar-refractivity contribution in [3.05, 3.63) is 30.3 Å². The summed E-state index contributed by atoms with van der Waals surface area (Å²) in [6, 6.07) is 9.74. The van der Waals surface area contributed by atoms with Gasteiger partial charge in [0, 0.05) is 31.9 Å². The van der Waals surface area contributed by atoms with E-state index in [1.807, 2.05) is 30.3 Å². The summed E-state index contributed by atoms with van der Waals surface area (Å²) in [5, 5.41) is 6.54. The predicted molar refractivity (Wildman–Crippen MR) is 109 cm³/mol. The molecule has 5 heteroatoms. The van der Waals surface area contributed by atoms with Crippen molar-refractivity contribution in [2.24, 2.45) is 5.92 Å². The summed E-state index contributed by atoms with van der Waals surface area (Å²) in [7, 11) is 0. The molecule has 1 aromatic rings. The average Bonchev–Trinajstić information content (AvgIpc) is 2.64. The van der Waals surface area contributed by atoms with Crippen molar-refractivity contribution >= 4 is 24.2 Å². The van der Waals surface area contributed by atoms with Crippen molar-refractivity contribution in [3.63, 3.8) is 0 Å². The van der Waals surface area contributed by atoms with E-state index in [4.69, 9.17) is 0 Å². The zero-order chi connectivity index (χ0) is 17.9. The molecule has 2 atom stereocenters. The number of carbonyl (C=O) groups is 1. The molecule has 0 radical (unpaired) electrons. The van der Waals surface area contributed by atoms with Crippen LogP contribution in [0.5, 0.6) is 0 Å². The molecule has 4 nitrogen and oxygen atoms in total. The van der Waals surface area contributed by atoms with E-state index in [0.29, 0.717) is 5.92 Å². The highest BCUT2D eigenvalue weighted by atomic mass is 32.1. The summed E-state index contributed by atoms with van der Waals surface area (Å²) in [5.41, 5.74) is 0.880. The van der Waals surface area contributed by atoms with Gasteiger partial charge >= 0.3 is 0 Å². The van der Waals surface area contributed by atoms with Crippen molar-refractivity contribution in [2.45, 2.75) is 45.1 Å². The van der Waals surface area contributed by atoms with E-state index in [0.717, 1.165) is 50.5 Å². The van der Waals surface area contributed by atoms with E-state index in [1.165, 1.54) is 19.3 Å². The van der Waals surface area contributed by atoms with Crippen LogP contribution in [0.3, 0.4) is 0 Å². The second kappa shape index (κ2) is 11.6. The normalized spacial score (nSPS) is 17.8. The molecule has 1 heterocycles. The number of para-hydroxylation sites is 1. The number of piperazine rings is 1. The first-order chi connectivity index (χ1) is 12.3. The zero-order valence-electron chi connectivity index (χ0n) is 15.4. The first-order valence-corrected chi connectivity index (χ1v) is 10.3. The highest BCUT2D eigenvalue weighted by Gasteiger charge is 2.33. The number of anilines is 1. The molecule has 2 N–H and O–H groups in total. The number of nitrogens with zero attached hydrogens (tertiary/aromatic N) is 1. The van der Waals surface area contributed by atoms with Crippen molar-refractivity contribution in [2.75, 3.05) is 37.2 Å². The van der Waals surface area contributed by atoms with Crippen LogP contribution in [0.2, 0.25) is 0 Å². The molecule has 1 aromatic carbocycles. The minimum absolute atomic E-state index is 0.0636. The number of unbranched alkanes of at least 4 members (excludes halogenated alkanes) is 2. The van der Waals surface area contributed by atoms with Crippen LogP contribution in [0, 0.1) is 5.92 Å². The molecular weight excluding hydrogens is 330 g/mol. The van der Waals surface area contributed by atoms with Crippen LogP contribution < -0.4 is 10.6 Å². The highest BCUT2D eigenvalue weighted by Crippen LogP contribution is 2.24. The molecule has 0 aromatic heterocycles. The Labute approximate surface area is 158 Å². The fourth-order valence-corrected chi connectivity index (χ4v) is 3.99. The molecule has 1 fully saturated rings. The summed E-state index contributed by atoms with van der Waals surface area (Å²) in [6.45, 7) is 6.01. The maximum Gasteiger partial charge on any atom is 0.242 e. The Hall–Kier alpha value is -1.04. The zero-order valence-corrected chi connectivity index (χ0v) is 16.3. The van der Waals surface area contributed by atoms with E-state index in [2.05, 4.69) is 35.1 Å². The monoisotopic (exact) mass is 363 g/mol. The number of benzene rings is 1. The van der Waals surface area contributed by atoms with Crippen molar-refractivity contribution in [1.82, 2.24) is 10.2 Å². The van der Waals surface area contributed by atoms with Crippen LogP contribution >= 0.6 is 12.6 Å². The quantitative estimate of drug-likeness (QED) is 0.441. The second-order valence-electron chi connectivity index (χ2n) is 6.85. The molecule has 2 unspecified atom stereocenters. The maximum absolute atomic E-state index is 13.2. The molecule has 2 rings (SSSR count). The number of thiol groups is 1. The number of nitrogens with one attached hydrogen (secondary N) is 2. The molecule has 0 saturated carbocycles. The van der Waals surface area contributed by atoms with E-state index in [1.54, 1.807) is 0 Å². The Balaban J connectivity index is 2.12. The summed E-state index contributed by atoms with van der Waals surface area (Å²) >= 11 is 4.47. The summed E-state index contributed by atoms with van der Waals surface area (Å²) in [6.07, 6.45) is 5.73. The van der Waals surface area contributed by atoms with Crippen molar-refractivity contribution in [1.29, 1.82) is 0 Å². The third-order valence-electron chi connectivity index (χ3n) is 4.98. The van der Waals surface area contributed by atoms with Crippen LogP contribution in [-0.2, 0) is 4.79 Å². The average molecular weight is 364 g/mol. The van der Waals surface area contributed by atoms with Crippen molar-refractivity contribution < 1.29 is 4.79 Å². The van der Waals surface area contributed by atoms with Gasteiger partial charge in [0.05, 0.1) is 6.04 Å². The summed E-state index contributed by atoms with van der Waals surface area (Å²) in [4.78, 5) is 15.5. The minimum Gasteiger partial charge on any atom is -0.325 e. The van der Waals surface area contributed by atoms with Crippen LogP contribution in [0.15, 0.2) is 30.3 Å². The molecule has 140 valence electrons. The third-order valence-corrected chi connectivity index (χ3v) is 5.24. The smallest absolute Gasteiger partial charge is 0.242 e. The van der Waals surface area contributed by atoms with E-state index >= 15 is 0 Å². The Morgan fingerprint density at radius 3 is 2.56 bits per heavy atom. The summed E-state index contributed by atoms with van der Waals surface area (Å²) < 4.78 is 0. The third kappa shape index (κ3) is 6.65. The van der Waals surface area contributed by atoms with Crippen LogP contribution in [0.4, 0.5) is 5.69 Å². The first kappa shape index (κ1) is 20.3. The molecule has 1 amide bonds. The Morgan fingerprint density at radius 2 is 1.92 bits per heavy atom. The fraction of sp³-hybridized carbons (Fsp3) is 0.650. The molecule has 0 spiro atoms. The van der Waals surface area contributed by atoms with Gasteiger partial charge in [-0.25, -0.2) is 0 Å². The van der Waals surface area contributed by atoms with Gasteiger partial charge in [-0.2, -0.15) is 12.6 Å². The van der Waals surface area contributed by atoms with Gasteiger partial charge in [-0.15, -0.1) is 0 Å². The number of amides is 1. The number of hydrogen-bond donors (Lipinski definition) is 3.